The van der Waals surface area contributed by atoms with Crippen molar-refractivity contribution in [1.29, 1.82) is 0 Å². The molecule has 3 aromatic rings. The molecular weight excluding hydrogens is 625 g/mol. The second kappa shape index (κ2) is 13.7. The summed E-state index contributed by atoms with van der Waals surface area (Å²) in [5, 5.41) is 5.55. The molecule has 2 fully saturated rings. The Morgan fingerprint density at radius 1 is 1.11 bits per heavy atom. The number of nitrogens with one attached hydrogen (secondary N) is 2. The molecule has 3 heterocycles. The predicted molar refractivity (Wildman–Crippen MR) is 168 cm³/mol. The van der Waals surface area contributed by atoms with Crippen molar-refractivity contribution in [3.05, 3.63) is 59.4 Å². The third-order valence-corrected chi connectivity index (χ3v) is 9.51. The first-order valence-corrected chi connectivity index (χ1v) is 16.7. The summed E-state index contributed by atoms with van der Waals surface area (Å²) < 4.78 is 72.2. The van der Waals surface area contributed by atoms with Crippen LogP contribution in [0.1, 0.15) is 47.2 Å². The average molecular weight is 663 g/mol. The highest BCUT2D eigenvalue weighted by atomic mass is 32.2. The average Bonchev–Trinajstić information content (AvgIpc) is 3.58. The van der Waals surface area contributed by atoms with E-state index < -0.39 is 27.6 Å². The number of hydrogen-bond donors (Lipinski definition) is 2. The van der Waals surface area contributed by atoms with Crippen molar-refractivity contribution in [2.24, 2.45) is 0 Å². The number of carbonyl (C=O) groups is 1. The van der Waals surface area contributed by atoms with Crippen LogP contribution in [0.2, 0.25) is 0 Å². The van der Waals surface area contributed by atoms with Crippen molar-refractivity contribution in [1.82, 2.24) is 24.8 Å². The van der Waals surface area contributed by atoms with Crippen LogP contribution in [0.15, 0.2) is 42.7 Å². The first-order valence-electron chi connectivity index (χ1n) is 14.9. The van der Waals surface area contributed by atoms with E-state index in [0.29, 0.717) is 42.1 Å². The van der Waals surface area contributed by atoms with E-state index in [2.05, 4.69) is 30.5 Å². The molecular formula is C30H37F3N8O4S. The van der Waals surface area contributed by atoms with Crippen LogP contribution in [-0.4, -0.2) is 91.7 Å². The quantitative estimate of drug-likeness (QED) is 0.323. The van der Waals surface area contributed by atoms with E-state index in [-0.39, 0.29) is 30.0 Å². The summed E-state index contributed by atoms with van der Waals surface area (Å²) in [6, 6.07) is 8.51. The lowest BCUT2D eigenvalue weighted by Gasteiger charge is -2.38. The van der Waals surface area contributed by atoms with Gasteiger partial charge in [-0.15, -0.1) is 0 Å². The molecule has 0 radical (unpaired) electrons. The SMILES string of the molecule is COc1cc(C(=O)N2CCN(C3CCCC3)CC2)ccc1Nc1ncc(C(F)(F)F)c(NCc2cccnc2N(C)S(C)(=O)=O)n1. The summed E-state index contributed by atoms with van der Waals surface area (Å²) in [4.78, 5) is 29.6. The van der Waals surface area contributed by atoms with Gasteiger partial charge in [-0.1, -0.05) is 18.9 Å². The van der Waals surface area contributed by atoms with Gasteiger partial charge in [0, 0.05) is 69.3 Å². The van der Waals surface area contributed by atoms with Crippen molar-refractivity contribution in [2.45, 2.75) is 44.4 Å². The van der Waals surface area contributed by atoms with Gasteiger partial charge in [-0.2, -0.15) is 18.2 Å². The topological polar surface area (TPSA) is 133 Å². The van der Waals surface area contributed by atoms with Gasteiger partial charge in [-0.3, -0.25) is 14.0 Å². The second-order valence-electron chi connectivity index (χ2n) is 11.3. The molecule has 46 heavy (non-hydrogen) atoms. The van der Waals surface area contributed by atoms with E-state index in [1.807, 2.05) is 4.90 Å². The van der Waals surface area contributed by atoms with Crippen LogP contribution < -0.4 is 19.7 Å². The summed E-state index contributed by atoms with van der Waals surface area (Å²) in [6.45, 7) is 2.74. The molecule has 12 nitrogen and oxygen atoms in total. The third-order valence-electron chi connectivity index (χ3n) is 8.34. The van der Waals surface area contributed by atoms with E-state index in [4.69, 9.17) is 4.74 Å². The van der Waals surface area contributed by atoms with Gasteiger partial charge >= 0.3 is 6.18 Å². The van der Waals surface area contributed by atoms with E-state index in [9.17, 15) is 26.4 Å². The first-order chi connectivity index (χ1) is 21.8. The fourth-order valence-electron chi connectivity index (χ4n) is 5.76. The van der Waals surface area contributed by atoms with Crippen LogP contribution in [0.25, 0.3) is 0 Å². The Morgan fingerprint density at radius 3 is 2.48 bits per heavy atom. The number of carbonyl (C=O) groups excluding carboxylic acids is 1. The number of halogens is 3. The van der Waals surface area contributed by atoms with Crippen LogP contribution in [0, 0.1) is 0 Å². The molecule has 0 unspecified atom stereocenters. The lowest BCUT2D eigenvalue weighted by molar-refractivity contribution is -0.137. The molecule has 2 N–H and O–H groups in total. The van der Waals surface area contributed by atoms with Crippen molar-refractivity contribution in [3.8, 4) is 5.75 Å². The van der Waals surface area contributed by atoms with E-state index in [1.54, 1.807) is 30.3 Å². The van der Waals surface area contributed by atoms with Crippen LogP contribution in [0.5, 0.6) is 5.75 Å². The molecule has 0 atom stereocenters. The zero-order valence-electron chi connectivity index (χ0n) is 25.8. The van der Waals surface area contributed by atoms with E-state index >= 15 is 0 Å². The minimum atomic E-state index is -4.77. The number of amides is 1. The normalized spacial score (nSPS) is 16.3. The minimum absolute atomic E-state index is 0.0635. The summed E-state index contributed by atoms with van der Waals surface area (Å²) in [5.41, 5.74) is -0.00155. The van der Waals surface area contributed by atoms with Gasteiger partial charge in [0.25, 0.3) is 5.91 Å². The Bertz CT molecular complexity index is 1660. The van der Waals surface area contributed by atoms with Gasteiger partial charge in [0.15, 0.2) is 0 Å². The monoisotopic (exact) mass is 662 g/mol. The van der Waals surface area contributed by atoms with Gasteiger partial charge < -0.3 is 20.3 Å². The minimum Gasteiger partial charge on any atom is -0.495 e. The fourth-order valence-corrected chi connectivity index (χ4v) is 6.24. The Hall–Kier alpha value is -4.18. The Balaban J connectivity index is 1.32. The highest BCUT2D eigenvalue weighted by Crippen LogP contribution is 2.36. The predicted octanol–water partition coefficient (Wildman–Crippen LogP) is 4.35. The maximum absolute atomic E-state index is 13.9. The zero-order chi connectivity index (χ0) is 33.1. The maximum atomic E-state index is 13.9. The molecule has 1 aliphatic heterocycles. The summed E-state index contributed by atoms with van der Waals surface area (Å²) >= 11 is 0. The van der Waals surface area contributed by atoms with Gasteiger partial charge in [-0.25, -0.2) is 18.4 Å². The summed E-state index contributed by atoms with van der Waals surface area (Å²) in [7, 11) is -0.942. The number of hydrogen-bond acceptors (Lipinski definition) is 10. The molecule has 1 saturated carbocycles. The number of rotatable bonds is 10. The molecule has 248 valence electrons. The Labute approximate surface area is 266 Å². The fraction of sp³-hybridized carbons (Fsp3) is 0.467. The van der Waals surface area contributed by atoms with E-state index in [1.165, 1.54) is 46.0 Å². The van der Waals surface area contributed by atoms with Crippen molar-refractivity contribution in [3.63, 3.8) is 0 Å². The Kier molecular flexibility index (Phi) is 9.86. The largest absolute Gasteiger partial charge is 0.495 e. The molecule has 1 aliphatic carbocycles. The van der Waals surface area contributed by atoms with Crippen LogP contribution in [-0.2, 0) is 22.7 Å². The highest BCUT2D eigenvalue weighted by Gasteiger charge is 2.35. The number of ether oxygens (including phenoxy) is 1. The molecule has 2 aromatic heterocycles. The number of piperazine rings is 1. The van der Waals surface area contributed by atoms with E-state index in [0.717, 1.165) is 23.7 Å². The molecule has 0 bridgehead atoms. The highest BCUT2D eigenvalue weighted by molar-refractivity contribution is 7.92. The smallest absolute Gasteiger partial charge is 0.421 e. The molecule has 1 amide bonds. The number of pyridine rings is 1. The van der Waals surface area contributed by atoms with Gasteiger partial charge in [0.2, 0.25) is 16.0 Å². The number of sulfonamides is 1. The number of nitrogens with zero attached hydrogens (tertiary/aromatic N) is 6. The maximum Gasteiger partial charge on any atom is 0.421 e. The first kappa shape index (κ1) is 33.2. The molecule has 1 saturated heterocycles. The van der Waals surface area contributed by atoms with Gasteiger partial charge in [0.05, 0.1) is 19.1 Å². The lowest BCUT2D eigenvalue weighted by Crippen LogP contribution is -2.51. The van der Waals surface area contributed by atoms with Crippen molar-refractivity contribution in [2.75, 3.05) is 61.5 Å². The third kappa shape index (κ3) is 7.61. The van der Waals surface area contributed by atoms with Crippen molar-refractivity contribution < 1.29 is 31.1 Å². The van der Waals surface area contributed by atoms with Crippen LogP contribution in [0.4, 0.5) is 36.4 Å². The number of alkyl halides is 3. The van der Waals surface area contributed by atoms with Gasteiger partial charge in [-0.05, 0) is 37.1 Å². The number of anilines is 4. The lowest BCUT2D eigenvalue weighted by atomic mass is 10.1. The molecule has 0 spiro atoms. The van der Waals surface area contributed by atoms with Crippen LogP contribution >= 0.6 is 0 Å². The summed E-state index contributed by atoms with van der Waals surface area (Å²) in [5.74, 6) is -0.449. The second-order valence-corrected chi connectivity index (χ2v) is 13.3. The van der Waals surface area contributed by atoms with Crippen molar-refractivity contribution >= 4 is 39.2 Å². The molecule has 1 aromatic carbocycles. The number of aromatic nitrogens is 3. The Morgan fingerprint density at radius 2 is 1.83 bits per heavy atom. The van der Waals surface area contributed by atoms with Gasteiger partial charge in [0.1, 0.15) is 22.9 Å². The molecule has 2 aliphatic rings. The summed E-state index contributed by atoms with van der Waals surface area (Å²) in [6.07, 6.45) is 3.22. The number of methoxy groups -OCH3 is 1. The number of benzene rings is 1. The standard InChI is InChI=1S/C30H37F3N8O4S/c1-39(46(3,43)44)27-21(7-6-12-34-27)18-35-26-23(30(31,32)33)19-36-29(38-26)37-24-11-10-20(17-25(24)45-2)28(42)41-15-13-40(14-16-41)22-8-4-5-9-22/h6-7,10-12,17,19,22H,4-5,8-9,13-16,18H2,1-3H3,(H2,35,36,37,38). The molecule has 5 rings (SSSR count). The molecule has 16 heteroatoms. The zero-order valence-corrected chi connectivity index (χ0v) is 26.7. The van der Waals surface area contributed by atoms with Crippen LogP contribution in [0.3, 0.4) is 0 Å².